The number of phenolic OH excluding ortho intramolecular Hbond substituents is 1. The highest BCUT2D eigenvalue weighted by Gasteiger charge is 2.08. The molecule has 0 atom stereocenters. The summed E-state index contributed by atoms with van der Waals surface area (Å²) in [7, 11) is 1.53. The number of methoxy groups -OCH3 is 1. The standard InChI is InChI=1S/C22H17N3O3S/c1-28-17-10-11-19(26)16(12-17)13-23-25-21(27)14-6-8-15(9-7-14)22-24-18-4-2-3-5-20(18)29-22/h2-13,26H,1H3,(H,25,27)/b23-13+. The van der Waals surface area contributed by atoms with Crippen LogP contribution in [0.25, 0.3) is 20.8 Å². The molecular formula is C22H17N3O3S. The van der Waals surface area contributed by atoms with Gasteiger partial charge in [-0.15, -0.1) is 11.3 Å². The van der Waals surface area contributed by atoms with Crippen LogP contribution >= 0.6 is 11.3 Å². The van der Waals surface area contributed by atoms with Gasteiger partial charge in [-0.3, -0.25) is 4.79 Å². The SMILES string of the molecule is COc1ccc(O)c(/C=N/NC(=O)c2ccc(-c3nc4ccccc4s3)cc2)c1. The Labute approximate surface area is 171 Å². The molecule has 6 nitrogen and oxygen atoms in total. The van der Waals surface area contributed by atoms with E-state index in [4.69, 9.17) is 4.74 Å². The van der Waals surface area contributed by atoms with Gasteiger partial charge in [-0.25, -0.2) is 10.4 Å². The summed E-state index contributed by atoms with van der Waals surface area (Å²) in [5.41, 5.74) is 5.29. The summed E-state index contributed by atoms with van der Waals surface area (Å²) >= 11 is 1.61. The van der Waals surface area contributed by atoms with E-state index in [0.29, 0.717) is 16.9 Å². The van der Waals surface area contributed by atoms with Crippen molar-refractivity contribution in [2.24, 2.45) is 5.10 Å². The molecule has 0 saturated heterocycles. The van der Waals surface area contributed by atoms with E-state index in [-0.39, 0.29) is 11.7 Å². The molecule has 7 heteroatoms. The molecule has 1 aromatic heterocycles. The Kier molecular flexibility index (Phi) is 5.22. The number of hydrogen-bond donors (Lipinski definition) is 2. The molecule has 0 aliphatic rings. The fourth-order valence-electron chi connectivity index (χ4n) is 2.75. The van der Waals surface area contributed by atoms with Gasteiger partial charge in [-0.05, 0) is 42.5 Å². The van der Waals surface area contributed by atoms with Crippen molar-refractivity contribution >= 4 is 33.7 Å². The number of fused-ring (bicyclic) bond motifs is 1. The van der Waals surface area contributed by atoms with Crippen LogP contribution in [-0.2, 0) is 0 Å². The van der Waals surface area contributed by atoms with E-state index < -0.39 is 0 Å². The van der Waals surface area contributed by atoms with Gasteiger partial charge in [0.1, 0.15) is 16.5 Å². The Morgan fingerprint density at radius 2 is 1.93 bits per heavy atom. The molecule has 0 spiro atoms. The summed E-state index contributed by atoms with van der Waals surface area (Å²) in [4.78, 5) is 16.9. The normalized spacial score (nSPS) is 11.1. The van der Waals surface area contributed by atoms with Crippen LogP contribution in [0.2, 0.25) is 0 Å². The van der Waals surface area contributed by atoms with Crippen LogP contribution in [-0.4, -0.2) is 29.3 Å². The Hall–Kier alpha value is -3.71. The van der Waals surface area contributed by atoms with Gasteiger partial charge in [0.2, 0.25) is 0 Å². The number of aromatic nitrogens is 1. The molecule has 4 rings (SSSR count). The average molecular weight is 403 g/mol. The topological polar surface area (TPSA) is 83.8 Å². The summed E-state index contributed by atoms with van der Waals surface area (Å²) in [6, 6.07) is 19.9. The largest absolute Gasteiger partial charge is 0.507 e. The number of carbonyl (C=O) groups excluding carboxylic acids is 1. The van der Waals surface area contributed by atoms with Crippen molar-refractivity contribution in [1.82, 2.24) is 10.4 Å². The van der Waals surface area contributed by atoms with Gasteiger partial charge in [0.05, 0.1) is 23.5 Å². The first kappa shape index (κ1) is 18.6. The summed E-state index contributed by atoms with van der Waals surface area (Å²) in [6.45, 7) is 0. The van der Waals surface area contributed by atoms with Crippen LogP contribution in [0.5, 0.6) is 11.5 Å². The van der Waals surface area contributed by atoms with Crippen LogP contribution in [0.15, 0.2) is 71.8 Å². The number of thiazole rings is 1. The number of hydrazone groups is 1. The smallest absolute Gasteiger partial charge is 0.271 e. The predicted octanol–water partition coefficient (Wildman–Crippen LogP) is 4.44. The molecule has 0 saturated carbocycles. The number of amides is 1. The molecule has 29 heavy (non-hydrogen) atoms. The Bertz CT molecular complexity index is 1170. The molecule has 1 heterocycles. The molecule has 4 aromatic rings. The Morgan fingerprint density at radius 1 is 1.14 bits per heavy atom. The molecule has 0 bridgehead atoms. The summed E-state index contributed by atoms with van der Waals surface area (Å²) in [5.74, 6) is 0.282. The lowest BCUT2D eigenvalue weighted by atomic mass is 10.1. The Balaban J connectivity index is 1.45. The molecule has 0 radical (unpaired) electrons. The van der Waals surface area contributed by atoms with Gasteiger partial charge >= 0.3 is 0 Å². The molecule has 0 fully saturated rings. The average Bonchev–Trinajstić information content (AvgIpc) is 3.19. The van der Waals surface area contributed by atoms with Crippen molar-refractivity contribution < 1.29 is 14.6 Å². The van der Waals surface area contributed by atoms with Gasteiger partial charge in [0, 0.05) is 16.7 Å². The van der Waals surface area contributed by atoms with E-state index in [2.05, 4.69) is 15.5 Å². The quantitative estimate of drug-likeness (QED) is 0.381. The minimum atomic E-state index is -0.348. The van der Waals surface area contributed by atoms with Gasteiger partial charge in [-0.2, -0.15) is 5.10 Å². The van der Waals surface area contributed by atoms with E-state index in [9.17, 15) is 9.90 Å². The lowest BCUT2D eigenvalue weighted by Gasteiger charge is -2.04. The molecule has 1 amide bonds. The highest BCUT2D eigenvalue weighted by molar-refractivity contribution is 7.21. The number of phenols is 1. The number of nitrogens with one attached hydrogen (secondary N) is 1. The van der Waals surface area contributed by atoms with Crippen LogP contribution in [0, 0.1) is 0 Å². The second-order valence-corrected chi connectivity index (χ2v) is 7.22. The number of hydrogen-bond acceptors (Lipinski definition) is 6. The number of ether oxygens (including phenoxy) is 1. The maximum Gasteiger partial charge on any atom is 0.271 e. The van der Waals surface area contributed by atoms with Crippen molar-refractivity contribution in [3.63, 3.8) is 0 Å². The third-order valence-corrected chi connectivity index (χ3v) is 5.38. The number of para-hydroxylation sites is 1. The fraction of sp³-hybridized carbons (Fsp3) is 0.0455. The van der Waals surface area contributed by atoms with E-state index in [1.807, 2.05) is 36.4 Å². The molecule has 0 aliphatic carbocycles. The zero-order valence-electron chi connectivity index (χ0n) is 15.5. The molecule has 0 aliphatic heterocycles. The number of nitrogens with zero attached hydrogens (tertiary/aromatic N) is 2. The highest BCUT2D eigenvalue weighted by atomic mass is 32.1. The fourth-order valence-corrected chi connectivity index (χ4v) is 3.72. The summed E-state index contributed by atoms with van der Waals surface area (Å²) in [5, 5.41) is 14.7. The Morgan fingerprint density at radius 3 is 2.69 bits per heavy atom. The van der Waals surface area contributed by atoms with Crippen molar-refractivity contribution in [3.05, 3.63) is 77.9 Å². The van der Waals surface area contributed by atoms with E-state index >= 15 is 0 Å². The van der Waals surface area contributed by atoms with Gasteiger partial charge in [-0.1, -0.05) is 24.3 Å². The van der Waals surface area contributed by atoms with E-state index in [1.165, 1.54) is 19.4 Å². The van der Waals surface area contributed by atoms with E-state index in [0.717, 1.165) is 20.8 Å². The second-order valence-electron chi connectivity index (χ2n) is 6.19. The van der Waals surface area contributed by atoms with Crippen LogP contribution in [0.1, 0.15) is 15.9 Å². The minimum absolute atomic E-state index is 0.0454. The molecule has 3 aromatic carbocycles. The highest BCUT2D eigenvalue weighted by Crippen LogP contribution is 2.30. The first-order chi connectivity index (χ1) is 14.1. The van der Waals surface area contributed by atoms with Crippen LogP contribution in [0.3, 0.4) is 0 Å². The second kappa shape index (κ2) is 8.12. The van der Waals surface area contributed by atoms with Crippen LogP contribution in [0.4, 0.5) is 0 Å². The van der Waals surface area contributed by atoms with Crippen LogP contribution < -0.4 is 10.2 Å². The van der Waals surface area contributed by atoms with Crippen molar-refractivity contribution in [2.45, 2.75) is 0 Å². The maximum atomic E-state index is 12.3. The predicted molar refractivity (Wildman–Crippen MR) is 115 cm³/mol. The third kappa shape index (κ3) is 4.09. The molecular weight excluding hydrogens is 386 g/mol. The minimum Gasteiger partial charge on any atom is -0.507 e. The van der Waals surface area contributed by atoms with Crippen molar-refractivity contribution in [1.29, 1.82) is 0 Å². The lowest BCUT2D eigenvalue weighted by Crippen LogP contribution is -2.17. The first-order valence-electron chi connectivity index (χ1n) is 8.80. The van der Waals surface area contributed by atoms with Crippen molar-refractivity contribution in [3.8, 4) is 22.1 Å². The van der Waals surface area contributed by atoms with Crippen molar-refractivity contribution in [2.75, 3.05) is 7.11 Å². The third-order valence-electron chi connectivity index (χ3n) is 4.29. The van der Waals surface area contributed by atoms with Gasteiger partial charge in [0.15, 0.2) is 0 Å². The molecule has 2 N–H and O–H groups in total. The zero-order chi connectivity index (χ0) is 20.2. The summed E-state index contributed by atoms with van der Waals surface area (Å²) in [6.07, 6.45) is 1.37. The lowest BCUT2D eigenvalue weighted by molar-refractivity contribution is 0.0955. The molecule has 0 unspecified atom stereocenters. The van der Waals surface area contributed by atoms with Gasteiger partial charge in [0.25, 0.3) is 5.91 Å². The summed E-state index contributed by atoms with van der Waals surface area (Å²) < 4.78 is 6.23. The van der Waals surface area contributed by atoms with Gasteiger partial charge < -0.3 is 9.84 Å². The number of carbonyl (C=O) groups is 1. The number of rotatable bonds is 5. The first-order valence-corrected chi connectivity index (χ1v) is 9.62. The number of aromatic hydroxyl groups is 1. The maximum absolute atomic E-state index is 12.3. The monoisotopic (exact) mass is 403 g/mol. The molecule has 144 valence electrons. The van der Waals surface area contributed by atoms with E-state index in [1.54, 1.807) is 35.6 Å². The zero-order valence-corrected chi connectivity index (χ0v) is 16.3. The number of benzene rings is 3.